The van der Waals surface area contributed by atoms with Crippen LogP contribution in [0.1, 0.15) is 110 Å². The van der Waals surface area contributed by atoms with Crippen LogP contribution in [0.15, 0.2) is 4.99 Å². The van der Waals surface area contributed by atoms with E-state index >= 15 is 0 Å². The molecule has 0 atom stereocenters. The lowest BCUT2D eigenvalue weighted by atomic mass is 10.0. The molecular weight excluding hydrogens is 372 g/mol. The van der Waals surface area contributed by atoms with Gasteiger partial charge in [0.2, 0.25) is 0 Å². The van der Waals surface area contributed by atoms with Crippen LogP contribution in [0.5, 0.6) is 0 Å². The largest absolute Gasteiger partial charge is 0.464 e. The molecule has 1 heterocycles. The second-order valence-corrected chi connectivity index (χ2v) is 7.98. The highest BCUT2D eigenvalue weighted by atomic mass is 35.5. The summed E-state index contributed by atoms with van der Waals surface area (Å²) in [6, 6.07) is 0. The molecule has 0 saturated carbocycles. The summed E-state index contributed by atoms with van der Waals surface area (Å²) in [5.41, 5.74) is 0. The van der Waals surface area contributed by atoms with Crippen LogP contribution in [0.3, 0.4) is 0 Å². The molecule has 4 nitrogen and oxygen atoms in total. The Labute approximate surface area is 180 Å². The zero-order valence-corrected chi connectivity index (χ0v) is 19.2. The molecule has 28 heavy (non-hydrogen) atoms. The minimum Gasteiger partial charge on any atom is -0.464 e. The summed E-state index contributed by atoms with van der Waals surface area (Å²) in [7, 11) is 0. The number of hydrogen-bond donors (Lipinski definition) is 0. The van der Waals surface area contributed by atoms with E-state index in [0.717, 1.165) is 32.5 Å². The highest BCUT2D eigenvalue weighted by Gasteiger charge is 2.07. The summed E-state index contributed by atoms with van der Waals surface area (Å²) in [5.74, 6) is -0.0409. The lowest BCUT2D eigenvalue weighted by Gasteiger charge is -2.13. The summed E-state index contributed by atoms with van der Waals surface area (Å²) < 4.78 is 5.28. The number of esters is 1. The van der Waals surface area contributed by atoms with Crippen molar-refractivity contribution in [1.29, 1.82) is 0 Å². The normalized spacial score (nSPS) is 13.0. The molecular formula is C23H45ClN2O2. The van der Waals surface area contributed by atoms with E-state index in [-0.39, 0.29) is 18.4 Å². The molecule has 0 bridgehead atoms. The first kappa shape index (κ1) is 27.2. The molecule has 0 saturated heterocycles. The Morgan fingerprint density at radius 1 is 0.857 bits per heavy atom. The number of nitrogens with zero attached hydrogens (tertiary/aromatic N) is 2. The van der Waals surface area contributed by atoms with Crippen molar-refractivity contribution in [2.24, 2.45) is 4.99 Å². The van der Waals surface area contributed by atoms with E-state index in [1.54, 1.807) is 0 Å². The smallest absolute Gasteiger partial charge is 0.305 e. The third-order valence-electron chi connectivity index (χ3n) is 5.39. The monoisotopic (exact) mass is 416 g/mol. The van der Waals surface area contributed by atoms with Crippen LogP contribution < -0.4 is 0 Å². The van der Waals surface area contributed by atoms with Crippen LogP contribution >= 0.6 is 12.4 Å². The Hall–Kier alpha value is -0.770. The summed E-state index contributed by atoms with van der Waals surface area (Å²) in [5, 5.41) is 0. The second kappa shape index (κ2) is 21.0. The van der Waals surface area contributed by atoms with Gasteiger partial charge in [0.05, 0.1) is 19.4 Å². The second-order valence-electron chi connectivity index (χ2n) is 7.98. The molecule has 0 unspecified atom stereocenters. The van der Waals surface area contributed by atoms with Crippen molar-refractivity contribution in [3.63, 3.8) is 0 Å². The van der Waals surface area contributed by atoms with Crippen LogP contribution in [0.25, 0.3) is 0 Å². The van der Waals surface area contributed by atoms with Gasteiger partial charge in [-0.25, -0.2) is 0 Å². The first-order chi connectivity index (χ1) is 13.3. The summed E-state index contributed by atoms with van der Waals surface area (Å²) in [6.07, 6.45) is 22.6. The van der Waals surface area contributed by atoms with Gasteiger partial charge in [0.15, 0.2) is 0 Å². The minimum atomic E-state index is -0.0409. The minimum absolute atomic E-state index is 0. The molecule has 1 aliphatic rings. The fourth-order valence-electron chi connectivity index (χ4n) is 3.58. The Kier molecular flexibility index (Phi) is 20.4. The van der Waals surface area contributed by atoms with Crippen molar-refractivity contribution in [3.05, 3.63) is 0 Å². The maximum atomic E-state index is 11.7. The van der Waals surface area contributed by atoms with E-state index in [4.69, 9.17) is 4.74 Å². The molecule has 166 valence electrons. The number of hydrogen-bond acceptors (Lipinski definition) is 4. The summed E-state index contributed by atoms with van der Waals surface area (Å²) in [6.45, 7) is 5.36. The van der Waals surface area contributed by atoms with Crippen molar-refractivity contribution < 1.29 is 9.53 Å². The third kappa shape index (κ3) is 17.3. The number of rotatable bonds is 19. The van der Waals surface area contributed by atoms with Gasteiger partial charge in [-0.2, -0.15) is 0 Å². The van der Waals surface area contributed by atoms with Gasteiger partial charge in [-0.15, -0.1) is 12.4 Å². The summed E-state index contributed by atoms with van der Waals surface area (Å²) in [4.78, 5) is 17.9. The van der Waals surface area contributed by atoms with E-state index in [1.807, 2.05) is 6.34 Å². The molecule has 0 fully saturated rings. The standard InChI is InChI=1S/C23H44N2O2.ClH/c1-2-3-4-5-6-7-8-9-10-11-12-13-14-15-16-17-23(26)27-21-20-25-19-18-24-22-25;/h22H,2-21H2,1H3;1H. The Morgan fingerprint density at radius 2 is 1.36 bits per heavy atom. The molecule has 1 aliphatic heterocycles. The average molecular weight is 417 g/mol. The zero-order chi connectivity index (χ0) is 19.4. The fourth-order valence-corrected chi connectivity index (χ4v) is 3.58. The molecule has 0 amide bonds. The van der Waals surface area contributed by atoms with Gasteiger partial charge >= 0.3 is 5.97 Å². The van der Waals surface area contributed by atoms with E-state index in [1.165, 1.54) is 83.5 Å². The Bertz CT molecular complexity index is 378. The maximum Gasteiger partial charge on any atom is 0.305 e. The zero-order valence-electron chi connectivity index (χ0n) is 18.3. The van der Waals surface area contributed by atoms with Crippen molar-refractivity contribution >= 4 is 24.7 Å². The van der Waals surface area contributed by atoms with E-state index < -0.39 is 0 Å². The molecule has 1 rings (SSSR count). The molecule has 0 radical (unpaired) electrons. The average Bonchev–Trinajstić information content (AvgIpc) is 3.18. The maximum absolute atomic E-state index is 11.7. The number of carbonyl (C=O) groups is 1. The lowest BCUT2D eigenvalue weighted by molar-refractivity contribution is -0.143. The predicted octanol–water partition coefficient (Wildman–Crippen LogP) is 6.56. The van der Waals surface area contributed by atoms with E-state index in [9.17, 15) is 4.79 Å². The van der Waals surface area contributed by atoms with Crippen molar-refractivity contribution in [3.8, 4) is 0 Å². The fraction of sp³-hybridized carbons (Fsp3) is 0.913. The van der Waals surface area contributed by atoms with Gasteiger partial charge < -0.3 is 9.64 Å². The molecule has 0 aromatic heterocycles. The molecule has 5 heteroatoms. The Morgan fingerprint density at radius 3 is 1.82 bits per heavy atom. The van der Waals surface area contributed by atoms with Gasteiger partial charge in [0.1, 0.15) is 6.61 Å². The van der Waals surface area contributed by atoms with Gasteiger partial charge in [-0.1, -0.05) is 96.8 Å². The molecule has 0 N–H and O–H groups in total. The molecule has 0 aliphatic carbocycles. The Balaban J connectivity index is 0.00000729. The predicted molar refractivity (Wildman–Crippen MR) is 123 cm³/mol. The van der Waals surface area contributed by atoms with Crippen molar-refractivity contribution in [2.75, 3.05) is 26.2 Å². The quantitative estimate of drug-likeness (QED) is 0.177. The number of halogens is 1. The van der Waals surface area contributed by atoms with Crippen LogP contribution in [0.4, 0.5) is 0 Å². The van der Waals surface area contributed by atoms with Crippen molar-refractivity contribution in [1.82, 2.24) is 4.90 Å². The van der Waals surface area contributed by atoms with Crippen LogP contribution in [-0.2, 0) is 9.53 Å². The topological polar surface area (TPSA) is 41.9 Å². The van der Waals surface area contributed by atoms with Gasteiger partial charge in [-0.05, 0) is 6.42 Å². The van der Waals surface area contributed by atoms with Gasteiger partial charge in [0.25, 0.3) is 0 Å². The van der Waals surface area contributed by atoms with Crippen LogP contribution in [0.2, 0.25) is 0 Å². The molecule has 0 spiro atoms. The molecule has 0 aromatic rings. The van der Waals surface area contributed by atoms with E-state index in [2.05, 4.69) is 16.8 Å². The highest BCUT2D eigenvalue weighted by Crippen LogP contribution is 2.13. The lowest BCUT2D eigenvalue weighted by Crippen LogP contribution is -2.25. The van der Waals surface area contributed by atoms with Gasteiger partial charge in [0, 0.05) is 13.0 Å². The summed E-state index contributed by atoms with van der Waals surface area (Å²) >= 11 is 0. The number of ether oxygens (including phenoxy) is 1. The van der Waals surface area contributed by atoms with Crippen molar-refractivity contribution in [2.45, 2.75) is 110 Å². The van der Waals surface area contributed by atoms with Crippen LogP contribution in [-0.4, -0.2) is 43.4 Å². The van der Waals surface area contributed by atoms with Crippen LogP contribution in [0, 0.1) is 0 Å². The highest BCUT2D eigenvalue weighted by molar-refractivity contribution is 5.85. The molecule has 0 aromatic carbocycles. The number of carbonyl (C=O) groups excluding carboxylic acids is 1. The number of unbranched alkanes of at least 4 members (excludes halogenated alkanes) is 14. The first-order valence-corrected chi connectivity index (χ1v) is 11.7. The SMILES string of the molecule is CCCCCCCCCCCCCCCCCC(=O)OCCN1C=NCC1.Cl. The van der Waals surface area contributed by atoms with Gasteiger partial charge in [-0.3, -0.25) is 9.79 Å². The third-order valence-corrected chi connectivity index (χ3v) is 5.39. The first-order valence-electron chi connectivity index (χ1n) is 11.7. The van der Waals surface area contributed by atoms with E-state index in [0.29, 0.717) is 13.0 Å². The number of aliphatic imine (C=N–C) groups is 1.